The normalized spacial score (nSPS) is 10.2. The van der Waals surface area contributed by atoms with Gasteiger partial charge >= 0.3 is 0 Å². The fraction of sp³-hybridized carbons (Fsp3) is 0.444. The summed E-state index contributed by atoms with van der Waals surface area (Å²) >= 11 is 0. The van der Waals surface area contributed by atoms with Gasteiger partial charge in [-0.15, -0.1) is 0 Å². The molecule has 0 atom stereocenters. The summed E-state index contributed by atoms with van der Waals surface area (Å²) < 4.78 is 0. The minimum absolute atomic E-state index is 0.514. The van der Waals surface area contributed by atoms with Gasteiger partial charge < -0.3 is 11.1 Å². The molecule has 0 saturated carbocycles. The van der Waals surface area contributed by atoms with Crippen LogP contribution >= 0.6 is 0 Å². The van der Waals surface area contributed by atoms with E-state index in [1.54, 1.807) is 0 Å². The van der Waals surface area contributed by atoms with E-state index in [2.05, 4.69) is 17.2 Å². The van der Waals surface area contributed by atoms with Crippen molar-refractivity contribution in [2.45, 2.75) is 20.0 Å². The van der Waals surface area contributed by atoms with E-state index < -0.39 is 0 Å². The Hall–Kier alpha value is -0.930. The van der Waals surface area contributed by atoms with Crippen LogP contribution in [-0.2, 0) is 13.1 Å². The number of nitrogens with one attached hydrogen (secondary N) is 1. The Morgan fingerprint density at radius 3 is 2.83 bits per heavy atom. The molecule has 3 heteroatoms. The van der Waals surface area contributed by atoms with E-state index >= 15 is 0 Å². The molecule has 0 unspecified atom stereocenters. The first-order valence-corrected chi connectivity index (χ1v) is 4.22. The monoisotopic (exact) mass is 165 g/mol. The number of nitrogens with two attached hydrogens (primary N) is 1. The molecule has 0 saturated heterocycles. The molecule has 0 spiro atoms. The summed E-state index contributed by atoms with van der Waals surface area (Å²) in [6.45, 7) is 4.38. The van der Waals surface area contributed by atoms with Crippen molar-refractivity contribution in [2.24, 2.45) is 5.73 Å². The van der Waals surface area contributed by atoms with Gasteiger partial charge in [-0.25, -0.2) is 0 Å². The molecule has 0 fully saturated rings. The summed E-state index contributed by atoms with van der Waals surface area (Å²) in [5, 5.41) is 3.21. The highest BCUT2D eigenvalue weighted by atomic mass is 14.9. The van der Waals surface area contributed by atoms with Crippen LogP contribution in [0.25, 0.3) is 0 Å². The summed E-state index contributed by atoms with van der Waals surface area (Å²) in [5.74, 6) is 0. The molecule has 3 nitrogen and oxygen atoms in total. The van der Waals surface area contributed by atoms with Crippen LogP contribution < -0.4 is 11.1 Å². The first kappa shape index (κ1) is 9.16. The van der Waals surface area contributed by atoms with E-state index in [1.165, 1.54) is 0 Å². The zero-order valence-electron chi connectivity index (χ0n) is 7.38. The topological polar surface area (TPSA) is 50.9 Å². The molecule has 1 rings (SSSR count). The lowest BCUT2D eigenvalue weighted by Crippen LogP contribution is -2.13. The fourth-order valence-electron chi connectivity index (χ4n) is 0.994. The number of nitrogens with zero attached hydrogens (tertiary/aromatic N) is 1. The van der Waals surface area contributed by atoms with Crippen molar-refractivity contribution >= 4 is 0 Å². The standard InChI is InChI=1S/C9H15N3/c1-2-11-7-9-5-3-4-8(6-10)12-9/h3-5,11H,2,6-7,10H2,1H3. The van der Waals surface area contributed by atoms with Crippen molar-refractivity contribution in [3.63, 3.8) is 0 Å². The molecule has 1 heterocycles. The van der Waals surface area contributed by atoms with Crippen LogP contribution in [0.15, 0.2) is 18.2 Å². The number of pyridine rings is 1. The fourth-order valence-corrected chi connectivity index (χ4v) is 0.994. The third-order valence-electron chi connectivity index (χ3n) is 1.63. The third-order valence-corrected chi connectivity index (χ3v) is 1.63. The summed E-state index contributed by atoms with van der Waals surface area (Å²) in [7, 11) is 0. The number of hydrogen-bond acceptors (Lipinski definition) is 3. The van der Waals surface area contributed by atoms with Gasteiger partial charge in [0.05, 0.1) is 11.4 Å². The zero-order valence-corrected chi connectivity index (χ0v) is 7.38. The second-order valence-corrected chi connectivity index (χ2v) is 2.60. The zero-order chi connectivity index (χ0) is 8.81. The Balaban J connectivity index is 2.60. The van der Waals surface area contributed by atoms with Crippen LogP contribution in [0.3, 0.4) is 0 Å². The van der Waals surface area contributed by atoms with Crippen LogP contribution in [0.4, 0.5) is 0 Å². The lowest BCUT2D eigenvalue weighted by Gasteiger charge is -2.02. The molecular formula is C9H15N3. The molecule has 0 aromatic carbocycles. The number of aromatic nitrogens is 1. The molecule has 0 aliphatic heterocycles. The van der Waals surface area contributed by atoms with E-state index in [4.69, 9.17) is 5.73 Å². The average molecular weight is 165 g/mol. The van der Waals surface area contributed by atoms with Crippen LogP contribution in [0.2, 0.25) is 0 Å². The summed E-state index contributed by atoms with van der Waals surface area (Å²) in [5.41, 5.74) is 7.47. The van der Waals surface area contributed by atoms with E-state index in [9.17, 15) is 0 Å². The maximum absolute atomic E-state index is 5.46. The molecule has 1 aromatic rings. The lowest BCUT2D eigenvalue weighted by molar-refractivity contribution is 0.706. The predicted molar refractivity (Wildman–Crippen MR) is 49.5 cm³/mol. The second-order valence-electron chi connectivity index (χ2n) is 2.60. The highest BCUT2D eigenvalue weighted by Crippen LogP contribution is 1.97. The van der Waals surface area contributed by atoms with Gasteiger partial charge in [0.1, 0.15) is 0 Å². The smallest absolute Gasteiger partial charge is 0.0545 e. The maximum atomic E-state index is 5.46. The molecule has 0 bridgehead atoms. The van der Waals surface area contributed by atoms with Gasteiger partial charge in [0.25, 0.3) is 0 Å². The highest BCUT2D eigenvalue weighted by molar-refractivity contribution is 5.10. The van der Waals surface area contributed by atoms with Crippen molar-refractivity contribution in [3.05, 3.63) is 29.6 Å². The third kappa shape index (κ3) is 2.60. The Kier molecular flexibility index (Phi) is 3.70. The van der Waals surface area contributed by atoms with Crippen LogP contribution in [0.1, 0.15) is 18.3 Å². The quantitative estimate of drug-likeness (QED) is 0.688. The van der Waals surface area contributed by atoms with E-state index in [0.29, 0.717) is 6.54 Å². The van der Waals surface area contributed by atoms with Crippen molar-refractivity contribution in [1.82, 2.24) is 10.3 Å². The van der Waals surface area contributed by atoms with Gasteiger partial charge in [-0.05, 0) is 18.7 Å². The summed E-state index contributed by atoms with van der Waals surface area (Å²) in [6, 6.07) is 5.93. The average Bonchev–Trinajstić information content (AvgIpc) is 2.15. The molecule has 66 valence electrons. The molecule has 12 heavy (non-hydrogen) atoms. The van der Waals surface area contributed by atoms with Crippen molar-refractivity contribution in [1.29, 1.82) is 0 Å². The van der Waals surface area contributed by atoms with Gasteiger partial charge in [0, 0.05) is 13.1 Å². The predicted octanol–water partition coefficient (Wildman–Crippen LogP) is 0.650. The van der Waals surface area contributed by atoms with Crippen molar-refractivity contribution < 1.29 is 0 Å². The van der Waals surface area contributed by atoms with Crippen molar-refractivity contribution in [2.75, 3.05) is 6.54 Å². The molecule has 0 aliphatic carbocycles. The summed E-state index contributed by atoms with van der Waals surface area (Å²) in [4.78, 5) is 4.34. The lowest BCUT2D eigenvalue weighted by atomic mass is 10.3. The van der Waals surface area contributed by atoms with Crippen molar-refractivity contribution in [3.8, 4) is 0 Å². The van der Waals surface area contributed by atoms with E-state index in [0.717, 1.165) is 24.5 Å². The van der Waals surface area contributed by atoms with Crippen LogP contribution in [0, 0.1) is 0 Å². The Morgan fingerprint density at radius 1 is 1.42 bits per heavy atom. The number of rotatable bonds is 4. The molecule has 0 radical (unpaired) electrons. The van der Waals surface area contributed by atoms with Gasteiger partial charge in [-0.3, -0.25) is 4.98 Å². The molecule has 0 amide bonds. The minimum Gasteiger partial charge on any atom is -0.325 e. The Bertz CT molecular complexity index is 235. The van der Waals surface area contributed by atoms with Gasteiger partial charge in [-0.1, -0.05) is 13.0 Å². The second kappa shape index (κ2) is 4.85. The number of hydrogen-bond donors (Lipinski definition) is 2. The van der Waals surface area contributed by atoms with Gasteiger partial charge in [0.2, 0.25) is 0 Å². The minimum atomic E-state index is 0.514. The van der Waals surface area contributed by atoms with E-state index in [-0.39, 0.29) is 0 Å². The van der Waals surface area contributed by atoms with Crippen LogP contribution in [-0.4, -0.2) is 11.5 Å². The first-order chi connectivity index (χ1) is 5.86. The summed E-state index contributed by atoms with van der Waals surface area (Å²) in [6.07, 6.45) is 0. The SMILES string of the molecule is CCNCc1cccc(CN)n1. The largest absolute Gasteiger partial charge is 0.325 e. The maximum Gasteiger partial charge on any atom is 0.0545 e. The Labute approximate surface area is 73.0 Å². The molecule has 0 aliphatic rings. The molecular weight excluding hydrogens is 150 g/mol. The molecule has 1 aromatic heterocycles. The highest BCUT2D eigenvalue weighted by Gasteiger charge is 1.94. The van der Waals surface area contributed by atoms with Gasteiger partial charge in [-0.2, -0.15) is 0 Å². The van der Waals surface area contributed by atoms with Crippen LogP contribution in [0.5, 0.6) is 0 Å². The van der Waals surface area contributed by atoms with Gasteiger partial charge in [0.15, 0.2) is 0 Å². The molecule has 3 N–H and O–H groups in total. The first-order valence-electron chi connectivity index (χ1n) is 4.22. The Morgan fingerprint density at radius 2 is 2.17 bits per heavy atom. The van der Waals surface area contributed by atoms with E-state index in [1.807, 2.05) is 18.2 Å².